The Kier molecular flexibility index (Phi) is 3.06. The van der Waals surface area contributed by atoms with E-state index in [4.69, 9.17) is 0 Å². The van der Waals surface area contributed by atoms with Gasteiger partial charge in [0.1, 0.15) is 5.01 Å². The third-order valence-corrected chi connectivity index (χ3v) is 4.40. The summed E-state index contributed by atoms with van der Waals surface area (Å²) in [6.45, 7) is 0. The normalized spacial score (nSPS) is 18.4. The second kappa shape index (κ2) is 4.61. The molecule has 1 aliphatic carbocycles. The molecule has 3 rings (SSSR count). The van der Waals surface area contributed by atoms with Gasteiger partial charge in [-0.05, 0) is 31.4 Å². The van der Waals surface area contributed by atoms with Crippen LogP contribution in [0.4, 0.5) is 13.2 Å². The van der Waals surface area contributed by atoms with Crippen LogP contribution in [0.25, 0.3) is 10.6 Å². The van der Waals surface area contributed by atoms with Crippen LogP contribution in [-0.4, -0.2) is 10.1 Å². The van der Waals surface area contributed by atoms with Gasteiger partial charge in [0.15, 0.2) is 17.5 Å². The molecule has 0 radical (unpaired) electrons. The van der Waals surface area contributed by atoms with Crippen molar-refractivity contribution in [3.8, 4) is 10.6 Å². The predicted octanol–water partition coefficient (Wildman–Crippen LogP) is 3.60. The number of halogens is 3. The summed E-state index contributed by atoms with van der Waals surface area (Å²) in [5.41, 5.74) is 0.965. The van der Waals surface area contributed by atoms with E-state index in [0.29, 0.717) is 11.4 Å². The highest BCUT2D eigenvalue weighted by Crippen LogP contribution is 2.38. The van der Waals surface area contributed by atoms with E-state index in [-0.39, 0.29) is 5.56 Å². The van der Waals surface area contributed by atoms with E-state index >= 15 is 0 Å². The third kappa shape index (κ3) is 2.15. The summed E-state index contributed by atoms with van der Waals surface area (Å²) in [7, 11) is 0. The van der Waals surface area contributed by atoms with E-state index in [2.05, 4.69) is 4.98 Å². The van der Waals surface area contributed by atoms with Gasteiger partial charge in [0.25, 0.3) is 0 Å². The van der Waals surface area contributed by atoms with E-state index in [0.717, 1.165) is 35.5 Å². The molecule has 0 spiro atoms. The van der Waals surface area contributed by atoms with Gasteiger partial charge >= 0.3 is 0 Å². The fourth-order valence-electron chi connectivity index (χ4n) is 2.20. The lowest BCUT2D eigenvalue weighted by molar-refractivity contribution is 0.160. The number of aliphatic hydroxyl groups is 1. The van der Waals surface area contributed by atoms with Crippen molar-refractivity contribution >= 4 is 11.3 Å². The quantitative estimate of drug-likeness (QED) is 0.812. The highest BCUT2D eigenvalue weighted by molar-refractivity contribution is 7.15. The van der Waals surface area contributed by atoms with E-state index in [1.807, 2.05) is 0 Å². The maximum Gasteiger partial charge on any atom is 0.194 e. The molecule has 0 amide bonds. The Labute approximate surface area is 111 Å². The Morgan fingerprint density at radius 1 is 1.21 bits per heavy atom. The first-order valence-corrected chi connectivity index (χ1v) is 6.70. The van der Waals surface area contributed by atoms with Crippen molar-refractivity contribution in [1.29, 1.82) is 0 Å². The Morgan fingerprint density at radius 3 is 2.53 bits per heavy atom. The first kappa shape index (κ1) is 12.6. The average Bonchev–Trinajstić information content (AvgIpc) is 2.81. The van der Waals surface area contributed by atoms with E-state index in [1.54, 1.807) is 0 Å². The maximum atomic E-state index is 13.2. The zero-order valence-corrected chi connectivity index (χ0v) is 10.6. The van der Waals surface area contributed by atoms with Crippen LogP contribution in [0.15, 0.2) is 12.1 Å². The largest absolute Gasteiger partial charge is 0.388 e. The maximum absolute atomic E-state index is 13.2. The van der Waals surface area contributed by atoms with Gasteiger partial charge in [0.2, 0.25) is 0 Å². The minimum Gasteiger partial charge on any atom is -0.388 e. The fraction of sp³-hybridized carbons (Fsp3) is 0.308. The van der Waals surface area contributed by atoms with Crippen LogP contribution < -0.4 is 0 Å². The summed E-state index contributed by atoms with van der Waals surface area (Å²) < 4.78 is 39.3. The van der Waals surface area contributed by atoms with Crippen molar-refractivity contribution in [2.24, 2.45) is 0 Å². The van der Waals surface area contributed by atoms with Crippen LogP contribution in [0.5, 0.6) is 0 Å². The number of fused-ring (bicyclic) bond motifs is 1. The molecule has 1 N–H and O–H groups in total. The Morgan fingerprint density at radius 2 is 1.89 bits per heavy atom. The number of nitrogens with zero attached hydrogens (tertiary/aromatic N) is 1. The molecule has 2 aromatic rings. The molecule has 0 saturated heterocycles. The van der Waals surface area contributed by atoms with Gasteiger partial charge in [-0.1, -0.05) is 0 Å². The zero-order valence-electron chi connectivity index (χ0n) is 9.79. The summed E-state index contributed by atoms with van der Waals surface area (Å²) >= 11 is 1.20. The SMILES string of the molecule is OC1CCCc2nc(-c3cc(F)c(F)c(F)c3)sc21. The van der Waals surface area contributed by atoms with Gasteiger partial charge in [0.05, 0.1) is 16.7 Å². The molecule has 0 bridgehead atoms. The molecular formula is C13H10F3NOS. The molecule has 1 aromatic carbocycles. The van der Waals surface area contributed by atoms with Crippen molar-refractivity contribution in [2.75, 3.05) is 0 Å². The smallest absolute Gasteiger partial charge is 0.194 e. The number of aryl methyl sites for hydroxylation is 1. The summed E-state index contributed by atoms with van der Waals surface area (Å²) in [5, 5.41) is 10.2. The monoisotopic (exact) mass is 285 g/mol. The van der Waals surface area contributed by atoms with Crippen molar-refractivity contribution in [3.63, 3.8) is 0 Å². The van der Waals surface area contributed by atoms with Crippen molar-refractivity contribution in [2.45, 2.75) is 25.4 Å². The molecule has 1 atom stereocenters. The van der Waals surface area contributed by atoms with Crippen LogP contribution in [0.1, 0.15) is 29.5 Å². The number of hydrogen-bond donors (Lipinski definition) is 1. The minimum absolute atomic E-state index is 0.197. The summed E-state index contributed by atoms with van der Waals surface area (Å²) in [6, 6.07) is 1.85. The van der Waals surface area contributed by atoms with E-state index in [1.165, 1.54) is 11.3 Å². The molecule has 2 nitrogen and oxygen atoms in total. The molecule has 100 valence electrons. The van der Waals surface area contributed by atoms with Crippen LogP contribution in [-0.2, 0) is 6.42 Å². The Bertz CT molecular complexity index is 618. The van der Waals surface area contributed by atoms with Gasteiger partial charge in [-0.25, -0.2) is 18.2 Å². The van der Waals surface area contributed by atoms with Crippen molar-refractivity contribution < 1.29 is 18.3 Å². The lowest BCUT2D eigenvalue weighted by atomic mass is 10.0. The molecule has 0 fully saturated rings. The van der Waals surface area contributed by atoms with Gasteiger partial charge in [-0.15, -0.1) is 11.3 Å². The number of rotatable bonds is 1. The van der Waals surface area contributed by atoms with Crippen LogP contribution in [0.3, 0.4) is 0 Å². The zero-order chi connectivity index (χ0) is 13.6. The van der Waals surface area contributed by atoms with Gasteiger partial charge in [-0.2, -0.15) is 0 Å². The molecule has 1 aromatic heterocycles. The molecule has 6 heteroatoms. The van der Waals surface area contributed by atoms with Crippen LogP contribution >= 0.6 is 11.3 Å². The van der Waals surface area contributed by atoms with Gasteiger partial charge in [-0.3, -0.25) is 0 Å². The predicted molar refractivity (Wildman–Crippen MR) is 65.3 cm³/mol. The Balaban J connectivity index is 2.08. The summed E-state index contributed by atoms with van der Waals surface area (Å²) in [5.74, 6) is -3.95. The van der Waals surface area contributed by atoms with E-state index < -0.39 is 23.6 Å². The molecular weight excluding hydrogens is 275 g/mol. The number of thiazole rings is 1. The number of aromatic nitrogens is 1. The first-order valence-electron chi connectivity index (χ1n) is 5.89. The fourth-order valence-corrected chi connectivity index (χ4v) is 3.32. The van der Waals surface area contributed by atoms with Crippen LogP contribution in [0, 0.1) is 17.5 Å². The highest BCUT2D eigenvalue weighted by atomic mass is 32.1. The molecule has 1 heterocycles. The lowest BCUT2D eigenvalue weighted by Gasteiger charge is -2.14. The molecule has 1 unspecified atom stereocenters. The highest BCUT2D eigenvalue weighted by Gasteiger charge is 2.24. The van der Waals surface area contributed by atoms with E-state index in [9.17, 15) is 18.3 Å². The second-order valence-corrected chi connectivity index (χ2v) is 5.52. The number of aliphatic hydroxyl groups excluding tert-OH is 1. The average molecular weight is 285 g/mol. The number of benzene rings is 1. The minimum atomic E-state index is -1.48. The second-order valence-electron chi connectivity index (χ2n) is 4.49. The van der Waals surface area contributed by atoms with Gasteiger partial charge in [0, 0.05) is 5.56 Å². The summed E-state index contributed by atoms with van der Waals surface area (Å²) in [4.78, 5) is 5.03. The molecule has 0 aliphatic heterocycles. The summed E-state index contributed by atoms with van der Waals surface area (Å²) in [6.07, 6.45) is 1.68. The first-order chi connectivity index (χ1) is 9.06. The van der Waals surface area contributed by atoms with Crippen LogP contribution in [0.2, 0.25) is 0 Å². The van der Waals surface area contributed by atoms with Crippen molar-refractivity contribution in [3.05, 3.63) is 40.2 Å². The van der Waals surface area contributed by atoms with Gasteiger partial charge < -0.3 is 5.11 Å². The number of hydrogen-bond acceptors (Lipinski definition) is 3. The molecule has 1 aliphatic rings. The lowest BCUT2D eigenvalue weighted by Crippen LogP contribution is -2.06. The van der Waals surface area contributed by atoms with Crippen molar-refractivity contribution in [1.82, 2.24) is 4.98 Å². The Hall–Kier alpha value is -1.40. The molecule has 19 heavy (non-hydrogen) atoms. The topological polar surface area (TPSA) is 33.1 Å². The third-order valence-electron chi connectivity index (χ3n) is 3.15. The standard InChI is InChI=1S/C13H10F3NOS/c14-7-4-6(5-8(15)11(7)16)13-17-9-2-1-3-10(18)12(9)19-13/h4-5,10,18H,1-3H2. The molecule has 0 saturated carbocycles.